The molecule has 1 aliphatic rings. The summed E-state index contributed by atoms with van der Waals surface area (Å²) in [6.07, 6.45) is 1.78. The number of ether oxygens (including phenoxy) is 1. The molecule has 0 unspecified atom stereocenters. The molecule has 2 rings (SSSR count). The molecule has 7 nitrogen and oxygen atoms in total. The van der Waals surface area contributed by atoms with Gasteiger partial charge in [-0.25, -0.2) is 8.42 Å². The average molecular weight is 384 g/mol. The quantitative estimate of drug-likeness (QED) is 0.693. The second-order valence-electron chi connectivity index (χ2n) is 6.34. The molecule has 1 heterocycles. The highest BCUT2D eigenvalue weighted by Crippen LogP contribution is 2.14. The third-order valence-corrected chi connectivity index (χ3v) is 6.34. The highest BCUT2D eigenvalue weighted by Gasteiger charge is 2.25. The van der Waals surface area contributed by atoms with E-state index in [1.165, 1.54) is 4.31 Å². The lowest BCUT2D eigenvalue weighted by Crippen LogP contribution is -2.48. The van der Waals surface area contributed by atoms with E-state index in [1.54, 1.807) is 36.3 Å². The van der Waals surface area contributed by atoms with Crippen molar-refractivity contribution in [2.75, 3.05) is 52.1 Å². The summed E-state index contributed by atoms with van der Waals surface area (Å²) in [5.41, 5.74) is 0.543. The number of sulfonamides is 1. The summed E-state index contributed by atoms with van der Waals surface area (Å²) in [6.45, 7) is 5.13. The van der Waals surface area contributed by atoms with E-state index in [1.807, 2.05) is 6.92 Å². The number of hydrogen-bond donors (Lipinski definition) is 1. The first-order valence-electron chi connectivity index (χ1n) is 9.10. The number of carbonyl (C=O) groups excluding carboxylic acids is 1. The first-order valence-corrected chi connectivity index (χ1v) is 10.7. The summed E-state index contributed by atoms with van der Waals surface area (Å²) in [6, 6.07) is 6.90. The topological polar surface area (TPSA) is 79.0 Å². The van der Waals surface area contributed by atoms with Crippen LogP contribution < -0.4 is 10.1 Å². The van der Waals surface area contributed by atoms with Gasteiger partial charge in [-0.3, -0.25) is 4.79 Å². The number of benzene rings is 1. The van der Waals surface area contributed by atoms with E-state index in [4.69, 9.17) is 4.74 Å². The summed E-state index contributed by atoms with van der Waals surface area (Å²) < 4.78 is 31.7. The fraction of sp³-hybridized carbons (Fsp3) is 0.611. The Morgan fingerprint density at radius 2 is 1.85 bits per heavy atom. The molecular formula is C18H29N3O4S. The Morgan fingerprint density at radius 3 is 2.42 bits per heavy atom. The molecular weight excluding hydrogens is 354 g/mol. The molecule has 0 aliphatic carbocycles. The van der Waals surface area contributed by atoms with Gasteiger partial charge < -0.3 is 15.0 Å². The van der Waals surface area contributed by atoms with Crippen molar-refractivity contribution < 1.29 is 17.9 Å². The van der Waals surface area contributed by atoms with Crippen LogP contribution in [0.2, 0.25) is 0 Å². The Bertz CT molecular complexity index is 670. The molecule has 1 amide bonds. The van der Waals surface area contributed by atoms with Crippen molar-refractivity contribution >= 4 is 15.9 Å². The molecule has 1 N–H and O–H groups in total. The monoisotopic (exact) mass is 383 g/mol. The predicted octanol–water partition coefficient (Wildman–Crippen LogP) is 1.17. The Kier molecular flexibility index (Phi) is 7.86. The van der Waals surface area contributed by atoms with Crippen LogP contribution in [-0.4, -0.2) is 75.7 Å². The first kappa shape index (κ1) is 20.7. The van der Waals surface area contributed by atoms with Crippen molar-refractivity contribution in [1.82, 2.24) is 14.5 Å². The van der Waals surface area contributed by atoms with Crippen LogP contribution in [0.5, 0.6) is 5.75 Å². The zero-order valence-electron chi connectivity index (χ0n) is 15.6. The number of piperazine rings is 1. The van der Waals surface area contributed by atoms with E-state index in [0.717, 1.165) is 12.8 Å². The number of nitrogens with zero attached hydrogens (tertiary/aromatic N) is 2. The summed E-state index contributed by atoms with van der Waals surface area (Å²) in [5.74, 6) is 0.498. The van der Waals surface area contributed by atoms with Crippen molar-refractivity contribution in [3.05, 3.63) is 29.8 Å². The molecule has 1 saturated heterocycles. The van der Waals surface area contributed by atoms with E-state index in [-0.39, 0.29) is 18.2 Å². The molecule has 1 aliphatic heterocycles. The van der Waals surface area contributed by atoms with E-state index in [0.29, 0.717) is 44.0 Å². The van der Waals surface area contributed by atoms with Crippen molar-refractivity contribution in [3.63, 3.8) is 0 Å². The lowest BCUT2D eigenvalue weighted by atomic mass is 10.2. The number of carbonyl (C=O) groups is 1. The van der Waals surface area contributed by atoms with E-state index >= 15 is 0 Å². The Morgan fingerprint density at radius 1 is 1.19 bits per heavy atom. The van der Waals surface area contributed by atoms with Crippen LogP contribution in [0.4, 0.5) is 0 Å². The van der Waals surface area contributed by atoms with Gasteiger partial charge in [-0.05, 0) is 30.7 Å². The van der Waals surface area contributed by atoms with Gasteiger partial charge in [0.15, 0.2) is 0 Å². The van der Waals surface area contributed by atoms with Gasteiger partial charge >= 0.3 is 0 Å². The number of hydrogen-bond acceptors (Lipinski definition) is 5. The summed E-state index contributed by atoms with van der Waals surface area (Å²) in [7, 11) is -1.78. The molecule has 0 aromatic heterocycles. The van der Waals surface area contributed by atoms with E-state index in [2.05, 4.69) is 5.32 Å². The highest BCUT2D eigenvalue weighted by atomic mass is 32.2. The SMILES string of the molecule is CCCCN(CCS(=O)(=O)N1CCNCC1)C(=O)c1ccc(OC)cc1. The lowest BCUT2D eigenvalue weighted by Gasteiger charge is -2.28. The van der Waals surface area contributed by atoms with Crippen LogP contribution in [-0.2, 0) is 10.0 Å². The van der Waals surface area contributed by atoms with Crippen LogP contribution in [0.15, 0.2) is 24.3 Å². The van der Waals surface area contributed by atoms with Gasteiger partial charge in [-0.2, -0.15) is 4.31 Å². The van der Waals surface area contributed by atoms with Gasteiger partial charge in [0.05, 0.1) is 12.9 Å². The minimum Gasteiger partial charge on any atom is -0.497 e. The standard InChI is InChI=1S/C18H29N3O4S/c1-3-4-11-20(18(22)16-5-7-17(25-2)8-6-16)14-15-26(23,24)21-12-9-19-10-13-21/h5-8,19H,3-4,9-15H2,1-2H3. The molecule has 26 heavy (non-hydrogen) atoms. The van der Waals surface area contributed by atoms with Gasteiger partial charge in [-0.15, -0.1) is 0 Å². The number of methoxy groups -OCH3 is 1. The minimum absolute atomic E-state index is 0.0430. The lowest BCUT2D eigenvalue weighted by molar-refractivity contribution is 0.0763. The van der Waals surface area contributed by atoms with E-state index in [9.17, 15) is 13.2 Å². The molecule has 146 valence electrons. The van der Waals surface area contributed by atoms with Gasteiger partial charge in [0.2, 0.25) is 10.0 Å². The molecule has 1 fully saturated rings. The largest absolute Gasteiger partial charge is 0.497 e. The first-order chi connectivity index (χ1) is 12.5. The third kappa shape index (κ3) is 5.69. The molecule has 0 spiro atoms. The number of rotatable bonds is 9. The number of unbranched alkanes of at least 4 members (excludes halogenated alkanes) is 1. The molecule has 0 radical (unpaired) electrons. The van der Waals surface area contributed by atoms with Gasteiger partial charge in [0, 0.05) is 44.8 Å². The summed E-state index contributed by atoms with van der Waals surface area (Å²) in [4.78, 5) is 14.5. The van der Waals surface area contributed by atoms with Crippen molar-refractivity contribution in [3.8, 4) is 5.75 Å². The average Bonchev–Trinajstić information content (AvgIpc) is 2.68. The van der Waals surface area contributed by atoms with Crippen LogP contribution in [0, 0.1) is 0 Å². The molecule has 8 heteroatoms. The summed E-state index contributed by atoms with van der Waals surface area (Å²) in [5, 5.41) is 3.15. The van der Waals surface area contributed by atoms with Gasteiger partial charge in [-0.1, -0.05) is 13.3 Å². The normalized spacial score (nSPS) is 15.6. The fourth-order valence-electron chi connectivity index (χ4n) is 2.86. The van der Waals surface area contributed by atoms with Gasteiger partial charge in [0.25, 0.3) is 5.91 Å². The molecule has 0 bridgehead atoms. The Balaban J connectivity index is 2.04. The predicted molar refractivity (Wildman–Crippen MR) is 102 cm³/mol. The van der Waals surface area contributed by atoms with Crippen molar-refractivity contribution in [2.24, 2.45) is 0 Å². The fourth-order valence-corrected chi connectivity index (χ4v) is 4.31. The maximum absolute atomic E-state index is 12.8. The zero-order chi connectivity index (χ0) is 19.0. The highest BCUT2D eigenvalue weighted by molar-refractivity contribution is 7.89. The van der Waals surface area contributed by atoms with Crippen LogP contribution >= 0.6 is 0 Å². The molecule has 1 aromatic rings. The van der Waals surface area contributed by atoms with E-state index < -0.39 is 10.0 Å². The van der Waals surface area contributed by atoms with Crippen molar-refractivity contribution in [1.29, 1.82) is 0 Å². The second kappa shape index (κ2) is 9.89. The molecule has 0 saturated carbocycles. The second-order valence-corrected chi connectivity index (χ2v) is 8.43. The Labute approximate surface area is 156 Å². The minimum atomic E-state index is -3.35. The zero-order valence-corrected chi connectivity index (χ0v) is 16.4. The van der Waals surface area contributed by atoms with Crippen molar-refractivity contribution in [2.45, 2.75) is 19.8 Å². The molecule has 1 aromatic carbocycles. The Hall–Kier alpha value is -1.64. The summed E-state index contributed by atoms with van der Waals surface area (Å²) >= 11 is 0. The third-order valence-electron chi connectivity index (χ3n) is 4.49. The maximum Gasteiger partial charge on any atom is 0.253 e. The van der Waals surface area contributed by atoms with Crippen LogP contribution in [0.1, 0.15) is 30.1 Å². The maximum atomic E-state index is 12.8. The number of amides is 1. The van der Waals surface area contributed by atoms with Crippen LogP contribution in [0.25, 0.3) is 0 Å². The molecule has 0 atom stereocenters. The van der Waals surface area contributed by atoms with Crippen LogP contribution in [0.3, 0.4) is 0 Å². The number of nitrogens with one attached hydrogen (secondary N) is 1. The van der Waals surface area contributed by atoms with Gasteiger partial charge in [0.1, 0.15) is 5.75 Å². The smallest absolute Gasteiger partial charge is 0.253 e.